The summed E-state index contributed by atoms with van der Waals surface area (Å²) in [4.78, 5) is 11.5. The zero-order chi connectivity index (χ0) is 21.1. The van der Waals surface area contributed by atoms with Crippen LogP contribution in [0.25, 0.3) is 10.9 Å². The van der Waals surface area contributed by atoms with Gasteiger partial charge < -0.3 is 15.5 Å². The monoisotopic (exact) mass is 427 g/mol. The molecular formula is C23H27ClFN5. The fourth-order valence-electron chi connectivity index (χ4n) is 4.01. The zero-order valence-corrected chi connectivity index (χ0v) is 18.1. The van der Waals surface area contributed by atoms with Gasteiger partial charge in [0.2, 0.25) is 5.95 Å². The molecule has 158 valence electrons. The maximum absolute atomic E-state index is 13.2. The van der Waals surface area contributed by atoms with Gasteiger partial charge in [-0.05, 0) is 55.5 Å². The molecule has 5 nitrogen and oxygen atoms in total. The number of benzene rings is 2. The molecule has 2 N–H and O–H groups in total. The minimum absolute atomic E-state index is 0.302. The van der Waals surface area contributed by atoms with Crippen molar-refractivity contribution in [3.8, 4) is 0 Å². The fourth-order valence-corrected chi connectivity index (χ4v) is 4.24. The van der Waals surface area contributed by atoms with E-state index < -0.39 is 0 Å². The van der Waals surface area contributed by atoms with E-state index in [-0.39, 0.29) is 5.82 Å². The second kappa shape index (κ2) is 9.14. The van der Waals surface area contributed by atoms with Crippen LogP contribution in [0, 0.1) is 5.82 Å². The highest BCUT2D eigenvalue weighted by Gasteiger charge is 2.22. The first-order valence-electron chi connectivity index (χ1n) is 10.4. The Morgan fingerprint density at radius 3 is 2.50 bits per heavy atom. The van der Waals surface area contributed by atoms with E-state index in [4.69, 9.17) is 21.6 Å². The summed E-state index contributed by atoms with van der Waals surface area (Å²) in [6, 6.07) is 13.4. The first-order chi connectivity index (χ1) is 14.5. The number of anilines is 2. The molecule has 3 aromatic rings. The summed E-state index contributed by atoms with van der Waals surface area (Å²) in [5.74, 6) is 1.31. The standard InChI is InChI=1S/C23H27ClFN5/c1-30(2)22-19-5-3-4-6-21(19)28-23(29-22)27-18-11-9-17(10-12-18)26-14-15-7-8-16(25)13-20(15)24/h3-8,13,17-18,26H,9-12,14H2,1-2H3,(H,27,28,29)/t17-,18+. The fraction of sp³-hybridized carbons (Fsp3) is 0.391. The number of halogens is 2. The zero-order valence-electron chi connectivity index (χ0n) is 17.3. The number of para-hydroxylation sites is 1. The third-order valence-corrected chi connectivity index (χ3v) is 6.02. The van der Waals surface area contributed by atoms with E-state index in [0.29, 0.717) is 29.6 Å². The van der Waals surface area contributed by atoms with Crippen molar-refractivity contribution in [2.24, 2.45) is 0 Å². The van der Waals surface area contributed by atoms with Gasteiger partial charge in [0.1, 0.15) is 11.6 Å². The average molecular weight is 428 g/mol. The van der Waals surface area contributed by atoms with Crippen LogP contribution < -0.4 is 15.5 Å². The van der Waals surface area contributed by atoms with Gasteiger partial charge in [-0.1, -0.05) is 29.8 Å². The Hall–Kier alpha value is -2.44. The van der Waals surface area contributed by atoms with Gasteiger partial charge in [-0.15, -0.1) is 0 Å². The van der Waals surface area contributed by atoms with Crippen LogP contribution in [0.15, 0.2) is 42.5 Å². The van der Waals surface area contributed by atoms with Crippen molar-refractivity contribution in [2.75, 3.05) is 24.3 Å². The van der Waals surface area contributed by atoms with E-state index in [2.05, 4.69) is 16.7 Å². The molecular weight excluding hydrogens is 401 g/mol. The van der Waals surface area contributed by atoms with Crippen molar-refractivity contribution in [3.05, 3.63) is 58.9 Å². The largest absolute Gasteiger partial charge is 0.362 e. The molecule has 0 unspecified atom stereocenters. The molecule has 1 saturated carbocycles. The SMILES string of the molecule is CN(C)c1nc(N[C@H]2CC[C@@H](NCc3ccc(F)cc3Cl)CC2)nc2ccccc12. The number of hydrogen-bond acceptors (Lipinski definition) is 5. The topological polar surface area (TPSA) is 53.1 Å². The van der Waals surface area contributed by atoms with Crippen LogP contribution in [-0.2, 0) is 6.54 Å². The number of nitrogens with zero attached hydrogens (tertiary/aromatic N) is 3. The van der Waals surface area contributed by atoms with Crippen molar-refractivity contribution < 1.29 is 4.39 Å². The van der Waals surface area contributed by atoms with Crippen LogP contribution >= 0.6 is 11.6 Å². The summed E-state index contributed by atoms with van der Waals surface area (Å²) >= 11 is 6.13. The lowest BCUT2D eigenvalue weighted by Crippen LogP contribution is -2.37. The third-order valence-electron chi connectivity index (χ3n) is 5.66. The van der Waals surface area contributed by atoms with Crippen LogP contribution in [-0.4, -0.2) is 36.1 Å². The van der Waals surface area contributed by atoms with Crippen molar-refractivity contribution in [1.29, 1.82) is 0 Å². The predicted molar refractivity (Wildman–Crippen MR) is 122 cm³/mol. The molecule has 0 radical (unpaired) electrons. The number of rotatable bonds is 6. The minimum Gasteiger partial charge on any atom is -0.362 e. The minimum atomic E-state index is -0.302. The normalized spacial score (nSPS) is 19.1. The highest BCUT2D eigenvalue weighted by molar-refractivity contribution is 6.31. The van der Waals surface area contributed by atoms with E-state index >= 15 is 0 Å². The second-order valence-corrected chi connectivity index (χ2v) is 8.50. The van der Waals surface area contributed by atoms with Crippen molar-refractivity contribution in [2.45, 2.75) is 44.3 Å². The molecule has 0 atom stereocenters. The molecule has 1 aromatic heterocycles. The number of nitrogens with one attached hydrogen (secondary N) is 2. The van der Waals surface area contributed by atoms with E-state index in [1.165, 1.54) is 12.1 Å². The summed E-state index contributed by atoms with van der Waals surface area (Å²) in [5, 5.41) is 8.63. The van der Waals surface area contributed by atoms with E-state index in [1.54, 1.807) is 6.07 Å². The Bertz CT molecular complexity index is 1020. The maximum Gasteiger partial charge on any atom is 0.225 e. The van der Waals surface area contributed by atoms with Gasteiger partial charge in [-0.3, -0.25) is 0 Å². The van der Waals surface area contributed by atoms with Gasteiger partial charge >= 0.3 is 0 Å². The van der Waals surface area contributed by atoms with Gasteiger partial charge in [0.05, 0.1) is 5.52 Å². The Morgan fingerprint density at radius 1 is 1.03 bits per heavy atom. The predicted octanol–water partition coefficient (Wildman–Crippen LogP) is 5.00. The third kappa shape index (κ3) is 4.82. The Kier molecular flexibility index (Phi) is 6.35. The smallest absolute Gasteiger partial charge is 0.225 e. The molecule has 7 heteroatoms. The summed E-state index contributed by atoms with van der Waals surface area (Å²) in [5.41, 5.74) is 1.88. The molecule has 1 fully saturated rings. The van der Waals surface area contributed by atoms with Gasteiger partial charge in [-0.25, -0.2) is 9.37 Å². The summed E-state index contributed by atoms with van der Waals surface area (Å²) in [6.45, 7) is 0.655. The first-order valence-corrected chi connectivity index (χ1v) is 10.8. The van der Waals surface area contributed by atoms with E-state index in [1.807, 2.05) is 37.2 Å². The van der Waals surface area contributed by atoms with Crippen molar-refractivity contribution >= 4 is 34.3 Å². The summed E-state index contributed by atoms with van der Waals surface area (Å²) < 4.78 is 13.2. The lowest BCUT2D eigenvalue weighted by molar-refractivity contribution is 0.352. The van der Waals surface area contributed by atoms with Gasteiger partial charge in [0.15, 0.2) is 0 Å². The lowest BCUT2D eigenvalue weighted by Gasteiger charge is -2.30. The van der Waals surface area contributed by atoms with Crippen LogP contribution in [0.3, 0.4) is 0 Å². The summed E-state index contributed by atoms with van der Waals surface area (Å²) in [7, 11) is 4.01. The number of hydrogen-bond donors (Lipinski definition) is 2. The van der Waals surface area contributed by atoms with Crippen LogP contribution in [0.2, 0.25) is 5.02 Å². The molecule has 1 aliphatic carbocycles. The molecule has 0 bridgehead atoms. The van der Waals surface area contributed by atoms with Crippen LogP contribution in [0.4, 0.5) is 16.2 Å². The molecule has 0 aliphatic heterocycles. The average Bonchev–Trinajstić information content (AvgIpc) is 2.73. The lowest BCUT2D eigenvalue weighted by atomic mass is 9.91. The molecule has 0 spiro atoms. The highest BCUT2D eigenvalue weighted by Crippen LogP contribution is 2.26. The molecule has 30 heavy (non-hydrogen) atoms. The Morgan fingerprint density at radius 2 is 1.77 bits per heavy atom. The van der Waals surface area contributed by atoms with E-state index in [0.717, 1.165) is 48.0 Å². The highest BCUT2D eigenvalue weighted by atomic mass is 35.5. The Labute approximate surface area is 181 Å². The molecule has 1 heterocycles. The molecule has 0 amide bonds. The number of fused-ring (bicyclic) bond motifs is 1. The maximum atomic E-state index is 13.2. The van der Waals surface area contributed by atoms with Gasteiger partial charge in [0.25, 0.3) is 0 Å². The molecule has 1 aliphatic rings. The summed E-state index contributed by atoms with van der Waals surface area (Å²) in [6.07, 6.45) is 4.21. The quantitative estimate of drug-likeness (QED) is 0.579. The van der Waals surface area contributed by atoms with Crippen LogP contribution in [0.5, 0.6) is 0 Å². The van der Waals surface area contributed by atoms with Gasteiger partial charge in [0, 0.05) is 43.1 Å². The number of aromatic nitrogens is 2. The van der Waals surface area contributed by atoms with Crippen molar-refractivity contribution in [1.82, 2.24) is 15.3 Å². The van der Waals surface area contributed by atoms with Crippen LogP contribution in [0.1, 0.15) is 31.2 Å². The van der Waals surface area contributed by atoms with Gasteiger partial charge in [-0.2, -0.15) is 4.98 Å². The molecule has 2 aromatic carbocycles. The molecule has 0 saturated heterocycles. The van der Waals surface area contributed by atoms with Crippen molar-refractivity contribution in [3.63, 3.8) is 0 Å². The van der Waals surface area contributed by atoms with E-state index in [9.17, 15) is 4.39 Å². The first kappa shape index (κ1) is 20.8. The Balaban J connectivity index is 1.34. The second-order valence-electron chi connectivity index (χ2n) is 8.09. The molecule has 4 rings (SSSR count).